The maximum absolute atomic E-state index is 7.17. The minimum Gasteiger partial charge on any atom is -0.456 e. The highest BCUT2D eigenvalue weighted by molar-refractivity contribution is 7.26. The van der Waals surface area contributed by atoms with Crippen molar-refractivity contribution in [1.82, 2.24) is 9.97 Å². The van der Waals surface area contributed by atoms with Crippen molar-refractivity contribution in [2.24, 2.45) is 0 Å². The second-order valence-electron chi connectivity index (χ2n) is 16.8. The van der Waals surface area contributed by atoms with Crippen molar-refractivity contribution >= 4 is 357 Å². The molecule has 3 heterocycles. The summed E-state index contributed by atoms with van der Waals surface area (Å²) in [7, 11) is 146. The van der Waals surface area contributed by atoms with Gasteiger partial charge in [0.05, 0.1) is 15.9 Å². The fraction of sp³-hybridized carbons (Fsp3) is 0. The molecule has 0 spiro atoms. The molecule has 7 aromatic carbocycles. The molecule has 3 aromatic heterocycles. The average Bonchev–Trinajstić information content (AvgIpc) is 3.92. The van der Waals surface area contributed by atoms with Crippen LogP contribution < -0.4 is 120 Å². The Morgan fingerprint density at radius 2 is 0.729 bits per heavy atom. The van der Waals surface area contributed by atoms with Crippen LogP contribution in [0.4, 0.5) is 0 Å². The van der Waals surface area contributed by atoms with Crippen LogP contribution in [0.5, 0.6) is 0 Å². The topological polar surface area (TPSA) is 38.9 Å². The molecular weight excluding hydrogens is 842 g/mol. The summed E-state index contributed by atoms with van der Waals surface area (Å²) in [5.41, 5.74) is 1.64. The molecule has 0 aliphatic carbocycles. The van der Waals surface area contributed by atoms with Gasteiger partial charge in [-0.1, -0.05) is 88.0 Å². The minimum atomic E-state index is -0.153. The Hall–Kier alpha value is -4.67. The molecule has 0 saturated carbocycles. The van der Waals surface area contributed by atoms with Gasteiger partial charge in [0, 0.05) is 26.4 Å². The number of furan rings is 1. The highest BCUT2D eigenvalue weighted by Crippen LogP contribution is 2.39. The van der Waals surface area contributed by atoms with E-state index in [4.69, 9.17) is 177 Å². The Morgan fingerprint density at radius 1 is 0.329 bits per heavy atom. The lowest BCUT2D eigenvalue weighted by molar-refractivity contribution is 0.673. The van der Waals surface area contributed by atoms with Gasteiger partial charge in [0.15, 0.2) is 0 Å². The van der Waals surface area contributed by atoms with Crippen molar-refractivity contribution in [3.8, 4) is 44.6 Å². The van der Waals surface area contributed by atoms with Gasteiger partial charge in [-0.05, 0) is 56.3 Å². The van der Waals surface area contributed by atoms with Gasteiger partial charge >= 0.3 is 0 Å². The van der Waals surface area contributed by atoms with Crippen LogP contribution >= 0.6 is 11.3 Å². The van der Waals surface area contributed by atoms with E-state index in [1.165, 1.54) is 17.7 Å². The van der Waals surface area contributed by atoms with Gasteiger partial charge in [-0.25, -0.2) is 9.97 Å². The van der Waals surface area contributed by atoms with Gasteiger partial charge in [-0.15, -0.1) is 49.6 Å². The third-order valence-electron chi connectivity index (χ3n) is 13.3. The first-order valence-electron chi connectivity index (χ1n) is 20.6. The summed E-state index contributed by atoms with van der Waals surface area (Å²) < 4.78 is 7.67. The average molecular weight is 846 g/mol. The monoisotopic (exact) mass is 850 g/mol. The largest absolute Gasteiger partial charge is 0.456 e. The van der Waals surface area contributed by atoms with Crippen LogP contribution in [0.25, 0.3) is 97.7 Å². The molecular formula is C44H4B22N2OS. The summed E-state index contributed by atoms with van der Waals surface area (Å²) in [5.74, 6) is 0. The molecule has 10 rings (SSSR count). The molecule has 0 saturated heterocycles. The van der Waals surface area contributed by atoms with Gasteiger partial charge in [0.1, 0.15) is 190 Å². The maximum atomic E-state index is 7.17. The molecule has 10 aromatic rings. The first-order chi connectivity index (χ1) is 33.0. The SMILES string of the molecule is [B]c1c([B])c(-c2c([B])c([B])c([B])c(-c3ncnc4c3sc3ccc(-c5c([B])c([B])c6c([B])c([B])c([B])c([B])c6c5[B])cc34)c2[B])c([B])c(-c2c([B])c([B])c([B])c3c2oc2c([B])c([B])c([B])c([B])c23)c1[B]. The van der Waals surface area contributed by atoms with E-state index in [1.54, 1.807) is 0 Å². The summed E-state index contributed by atoms with van der Waals surface area (Å²) in [6, 6.07) is 5.51. The highest BCUT2D eigenvalue weighted by atomic mass is 32.1. The highest BCUT2D eigenvalue weighted by Gasteiger charge is 2.28. The lowest BCUT2D eigenvalue weighted by Crippen LogP contribution is -2.52. The van der Waals surface area contributed by atoms with Crippen LogP contribution in [-0.4, -0.2) is 183 Å². The van der Waals surface area contributed by atoms with E-state index in [-0.39, 0.29) is 181 Å². The Kier molecular flexibility index (Phi) is 11.9. The van der Waals surface area contributed by atoms with E-state index in [1.807, 2.05) is 18.2 Å². The number of hydrogen-bond acceptors (Lipinski definition) is 4. The van der Waals surface area contributed by atoms with E-state index in [2.05, 4.69) is 9.97 Å². The standard InChI is InChI=1S/C44H4B22N2OS/c45-18-8(21(48)22(49)12-11(18)25(52)35(62)36(63)26(12)53)5-1-2-7-6(3-5)40-44(70-7)41(68-4-67-40)17-20(47)10(24(51)33(60)31(17)58)9-19(46)13(27(54)32(59)23(9)50)14-28(55)34(61)29(56)15-16-30(57)37(64)38(65)39(66)43(16)69-42(14)15/h1-4H. The van der Waals surface area contributed by atoms with Gasteiger partial charge in [0.2, 0.25) is 0 Å². The van der Waals surface area contributed by atoms with Crippen molar-refractivity contribution < 1.29 is 4.42 Å². The minimum absolute atomic E-state index is 0.000761. The van der Waals surface area contributed by atoms with Gasteiger partial charge in [0.25, 0.3) is 0 Å². The molecule has 268 valence electrons. The first kappa shape index (κ1) is 48.9. The number of benzene rings is 7. The van der Waals surface area contributed by atoms with Gasteiger partial charge < -0.3 is 4.42 Å². The van der Waals surface area contributed by atoms with Gasteiger partial charge in [-0.2, -0.15) is 0 Å². The number of fused-ring (bicyclic) bond motifs is 7. The molecule has 3 nitrogen and oxygen atoms in total. The van der Waals surface area contributed by atoms with E-state index in [0.717, 1.165) is 4.70 Å². The lowest BCUT2D eigenvalue weighted by Gasteiger charge is -2.29. The van der Waals surface area contributed by atoms with E-state index < -0.39 is 0 Å². The van der Waals surface area contributed by atoms with Crippen LogP contribution in [-0.2, 0) is 0 Å². The molecule has 26 heteroatoms. The molecule has 0 bridgehead atoms. The zero-order valence-corrected chi connectivity index (χ0v) is 37.5. The Labute approximate surface area is 437 Å². The number of aromatic nitrogens is 2. The van der Waals surface area contributed by atoms with Crippen molar-refractivity contribution in [2.45, 2.75) is 0 Å². The van der Waals surface area contributed by atoms with Crippen LogP contribution in [0.15, 0.2) is 28.9 Å². The Morgan fingerprint density at radius 3 is 1.30 bits per heavy atom. The number of nitrogens with zero attached hydrogens (tertiary/aromatic N) is 2. The summed E-state index contributed by atoms with van der Waals surface area (Å²) in [4.78, 5) is 9.35. The second-order valence-corrected chi connectivity index (χ2v) is 17.9. The molecule has 70 heavy (non-hydrogen) atoms. The normalized spacial score (nSPS) is 11.8. The van der Waals surface area contributed by atoms with Crippen molar-refractivity contribution in [3.63, 3.8) is 0 Å². The predicted molar refractivity (Wildman–Crippen MR) is 320 cm³/mol. The number of hydrogen-bond donors (Lipinski definition) is 0. The quantitative estimate of drug-likeness (QED) is 0.166. The van der Waals surface area contributed by atoms with Crippen LogP contribution in [0.2, 0.25) is 0 Å². The molecule has 0 amide bonds. The molecule has 0 aliphatic heterocycles. The molecule has 44 radical (unpaired) electrons. The summed E-state index contributed by atoms with van der Waals surface area (Å²) >= 11 is 1.33. The van der Waals surface area contributed by atoms with Crippen LogP contribution in [0, 0.1) is 0 Å². The summed E-state index contributed by atoms with van der Waals surface area (Å²) in [6.07, 6.45) is 1.34. The number of thiophene rings is 1. The second kappa shape index (κ2) is 17.0. The smallest absolute Gasteiger partial charge is 0.141 e. The Bertz CT molecular complexity index is 4110. The number of rotatable bonds is 4. The van der Waals surface area contributed by atoms with Crippen molar-refractivity contribution in [3.05, 3.63) is 24.5 Å². The first-order valence-corrected chi connectivity index (χ1v) is 21.4. The third kappa shape index (κ3) is 6.51. The van der Waals surface area contributed by atoms with E-state index in [9.17, 15) is 0 Å². The van der Waals surface area contributed by atoms with Crippen molar-refractivity contribution in [1.29, 1.82) is 0 Å². The molecule has 0 aliphatic rings. The molecule has 0 unspecified atom stereocenters. The molecule has 0 atom stereocenters. The van der Waals surface area contributed by atoms with Crippen molar-refractivity contribution in [2.75, 3.05) is 0 Å². The fourth-order valence-corrected chi connectivity index (χ4v) is 10.6. The summed E-state index contributed by atoms with van der Waals surface area (Å²) in [5, 5.41) is 1.66. The van der Waals surface area contributed by atoms with Crippen LogP contribution in [0.1, 0.15) is 0 Å². The van der Waals surface area contributed by atoms with E-state index >= 15 is 0 Å². The zero-order chi connectivity index (χ0) is 50.8. The van der Waals surface area contributed by atoms with Gasteiger partial charge in [-0.3, -0.25) is 0 Å². The Balaban J connectivity index is 1.22. The third-order valence-corrected chi connectivity index (χ3v) is 14.4. The lowest BCUT2D eigenvalue weighted by atomic mass is 9.56. The summed E-state index contributed by atoms with van der Waals surface area (Å²) in [6.45, 7) is 0. The van der Waals surface area contributed by atoms with Crippen LogP contribution in [0.3, 0.4) is 0 Å². The maximum Gasteiger partial charge on any atom is 0.141 e. The molecule has 0 N–H and O–H groups in total. The fourth-order valence-electron chi connectivity index (χ4n) is 9.51. The van der Waals surface area contributed by atoms with E-state index in [0.29, 0.717) is 32.1 Å². The molecule has 0 fully saturated rings. The zero-order valence-electron chi connectivity index (χ0n) is 36.7. The predicted octanol–water partition coefficient (Wildman–Crippen LogP) is -14.0.